The van der Waals surface area contributed by atoms with Crippen LogP contribution in [0.15, 0.2) is 174 Å². The molecule has 0 saturated heterocycles. The second kappa shape index (κ2) is 12.1. The number of benzene rings is 8. The molecule has 254 valence electrons. The van der Waals surface area contributed by atoms with Crippen molar-refractivity contribution in [1.82, 2.24) is 15.0 Å². The normalized spacial score (nSPS) is 13.7. The van der Waals surface area contributed by atoms with E-state index in [9.17, 15) is 0 Å². The van der Waals surface area contributed by atoms with Crippen LogP contribution in [-0.4, -0.2) is 15.0 Å². The van der Waals surface area contributed by atoms with E-state index in [2.05, 4.69) is 96.3 Å². The molecule has 2 aromatic heterocycles. The van der Waals surface area contributed by atoms with Gasteiger partial charge in [-0.1, -0.05) is 152 Å². The highest BCUT2D eigenvalue weighted by atomic mass is 16.5. The molecule has 0 radical (unpaired) electrons. The van der Waals surface area contributed by atoms with Crippen molar-refractivity contribution >= 4 is 49.2 Å². The van der Waals surface area contributed by atoms with Gasteiger partial charge in [0.05, 0.1) is 5.69 Å². The van der Waals surface area contributed by atoms with Gasteiger partial charge in [0.2, 0.25) is 0 Å². The number of aromatic nitrogens is 3. The molecule has 0 spiro atoms. The largest absolute Gasteiger partial charge is 0.464 e. The van der Waals surface area contributed by atoms with E-state index in [4.69, 9.17) is 24.1 Å². The Balaban J connectivity index is 1.02. The van der Waals surface area contributed by atoms with E-state index in [0.29, 0.717) is 17.5 Å². The minimum Gasteiger partial charge on any atom is -0.464 e. The van der Waals surface area contributed by atoms with E-state index in [1.54, 1.807) is 0 Å². The second-order valence-electron chi connectivity index (χ2n) is 13.6. The number of furan rings is 1. The van der Waals surface area contributed by atoms with Gasteiger partial charge in [-0.3, -0.25) is 0 Å². The van der Waals surface area contributed by atoms with Crippen LogP contribution in [-0.2, 0) is 0 Å². The van der Waals surface area contributed by atoms with Crippen molar-refractivity contribution in [3.05, 3.63) is 175 Å². The molecule has 11 rings (SSSR count). The monoisotopic (exact) mass is 694 g/mol. The smallest absolute Gasteiger partial charge is 0.196 e. The SMILES string of the molecule is c1ccc(-c2nc(-c3ccc(-c4ccc5c(c4)c4c(c6ccccc65)OC(c5ccccc5)N4)cc3)nc(-c3cccc4oc5ccccc5c34)n2)cc1. The van der Waals surface area contributed by atoms with Gasteiger partial charge in [0.1, 0.15) is 11.2 Å². The Morgan fingerprint density at radius 3 is 1.81 bits per heavy atom. The van der Waals surface area contributed by atoms with Crippen molar-refractivity contribution in [3.63, 3.8) is 0 Å². The summed E-state index contributed by atoms with van der Waals surface area (Å²) in [6, 6.07) is 58.1. The molecule has 0 fully saturated rings. The van der Waals surface area contributed by atoms with Crippen LogP contribution in [0.2, 0.25) is 0 Å². The number of nitrogens with zero attached hydrogens (tertiary/aromatic N) is 3. The van der Waals surface area contributed by atoms with Crippen LogP contribution in [0.3, 0.4) is 0 Å². The van der Waals surface area contributed by atoms with Crippen molar-refractivity contribution in [1.29, 1.82) is 0 Å². The number of anilines is 1. The third-order valence-corrected chi connectivity index (χ3v) is 10.4. The number of hydrogen-bond donors (Lipinski definition) is 1. The number of fused-ring (bicyclic) bond motifs is 9. The van der Waals surface area contributed by atoms with Gasteiger partial charge in [-0.15, -0.1) is 0 Å². The number of hydrogen-bond acceptors (Lipinski definition) is 6. The minimum atomic E-state index is -0.261. The van der Waals surface area contributed by atoms with Crippen LogP contribution in [0.1, 0.15) is 11.8 Å². The van der Waals surface area contributed by atoms with Crippen LogP contribution >= 0.6 is 0 Å². The highest BCUT2D eigenvalue weighted by molar-refractivity contribution is 6.18. The lowest BCUT2D eigenvalue weighted by atomic mass is 9.95. The molecule has 8 aromatic carbocycles. The van der Waals surface area contributed by atoms with Crippen molar-refractivity contribution in [3.8, 4) is 51.0 Å². The zero-order chi connectivity index (χ0) is 35.6. The summed E-state index contributed by atoms with van der Waals surface area (Å²) in [6.45, 7) is 0. The van der Waals surface area contributed by atoms with Crippen molar-refractivity contribution in [2.75, 3.05) is 5.32 Å². The fraction of sp³-hybridized carbons (Fsp3) is 0.0208. The molecule has 1 N–H and O–H groups in total. The summed E-state index contributed by atoms with van der Waals surface area (Å²) in [7, 11) is 0. The molecule has 3 heterocycles. The molecule has 1 aliphatic heterocycles. The van der Waals surface area contributed by atoms with Gasteiger partial charge in [-0.05, 0) is 40.1 Å². The number of nitrogens with one attached hydrogen (secondary N) is 1. The first-order valence-corrected chi connectivity index (χ1v) is 18.0. The van der Waals surface area contributed by atoms with Crippen molar-refractivity contribution in [2.45, 2.75) is 6.23 Å². The van der Waals surface area contributed by atoms with E-state index in [1.807, 2.05) is 78.9 Å². The Kier molecular flexibility index (Phi) is 6.82. The van der Waals surface area contributed by atoms with Gasteiger partial charge < -0.3 is 14.5 Å². The predicted octanol–water partition coefficient (Wildman–Crippen LogP) is 12.2. The van der Waals surface area contributed by atoms with Gasteiger partial charge >= 0.3 is 0 Å². The predicted molar refractivity (Wildman–Crippen MR) is 217 cm³/mol. The quantitative estimate of drug-likeness (QED) is 0.181. The summed E-state index contributed by atoms with van der Waals surface area (Å²) in [5.74, 6) is 2.70. The summed E-state index contributed by atoms with van der Waals surface area (Å²) in [5, 5.41) is 10.3. The molecule has 0 bridgehead atoms. The summed E-state index contributed by atoms with van der Waals surface area (Å²) in [5.41, 5.74) is 8.66. The van der Waals surface area contributed by atoms with E-state index in [-0.39, 0.29) is 6.23 Å². The van der Waals surface area contributed by atoms with Gasteiger partial charge in [0.25, 0.3) is 0 Å². The van der Waals surface area contributed by atoms with Gasteiger partial charge in [0, 0.05) is 43.8 Å². The topological polar surface area (TPSA) is 73.1 Å². The lowest BCUT2D eigenvalue weighted by Crippen LogP contribution is -2.09. The first kappa shape index (κ1) is 30.3. The van der Waals surface area contributed by atoms with Crippen molar-refractivity contribution < 1.29 is 9.15 Å². The first-order valence-electron chi connectivity index (χ1n) is 18.0. The molecule has 54 heavy (non-hydrogen) atoms. The van der Waals surface area contributed by atoms with Crippen LogP contribution < -0.4 is 10.1 Å². The Labute approximate surface area is 310 Å². The molecule has 6 heteroatoms. The van der Waals surface area contributed by atoms with E-state index >= 15 is 0 Å². The molecular formula is C48H30N4O2. The second-order valence-corrected chi connectivity index (χ2v) is 13.6. The Bertz CT molecular complexity index is 3050. The summed E-state index contributed by atoms with van der Waals surface area (Å²) < 4.78 is 12.8. The highest BCUT2D eigenvalue weighted by Gasteiger charge is 2.28. The average Bonchev–Trinajstić information content (AvgIpc) is 3.87. The Morgan fingerprint density at radius 2 is 1.02 bits per heavy atom. The molecule has 1 aliphatic rings. The molecule has 0 saturated carbocycles. The molecular weight excluding hydrogens is 665 g/mol. The van der Waals surface area contributed by atoms with Crippen LogP contribution in [0.25, 0.3) is 88.8 Å². The van der Waals surface area contributed by atoms with Gasteiger partial charge in [-0.2, -0.15) is 0 Å². The van der Waals surface area contributed by atoms with Crippen LogP contribution in [0, 0.1) is 0 Å². The Hall–Kier alpha value is -7.31. The maximum absolute atomic E-state index is 6.61. The maximum Gasteiger partial charge on any atom is 0.196 e. The fourth-order valence-corrected chi connectivity index (χ4v) is 7.78. The van der Waals surface area contributed by atoms with Crippen molar-refractivity contribution in [2.24, 2.45) is 0 Å². The highest BCUT2D eigenvalue weighted by Crippen LogP contribution is 2.49. The third-order valence-electron chi connectivity index (χ3n) is 10.4. The summed E-state index contributed by atoms with van der Waals surface area (Å²) in [4.78, 5) is 15.1. The molecule has 0 aliphatic carbocycles. The fourth-order valence-electron chi connectivity index (χ4n) is 7.78. The Morgan fingerprint density at radius 1 is 0.426 bits per heavy atom. The van der Waals surface area contributed by atoms with Crippen LogP contribution in [0.4, 0.5) is 5.69 Å². The average molecular weight is 695 g/mol. The van der Waals surface area contributed by atoms with E-state index in [1.165, 1.54) is 10.8 Å². The molecule has 1 atom stereocenters. The zero-order valence-corrected chi connectivity index (χ0v) is 28.9. The number of rotatable bonds is 5. The third kappa shape index (κ3) is 4.92. The number of ether oxygens (including phenoxy) is 1. The zero-order valence-electron chi connectivity index (χ0n) is 28.9. The van der Waals surface area contributed by atoms with Gasteiger partial charge in [-0.25, -0.2) is 15.0 Å². The lowest BCUT2D eigenvalue weighted by Gasteiger charge is -2.12. The van der Waals surface area contributed by atoms with E-state index in [0.717, 1.165) is 77.5 Å². The molecule has 1 unspecified atom stereocenters. The molecule has 10 aromatic rings. The summed E-state index contributed by atoms with van der Waals surface area (Å²) >= 11 is 0. The first-order chi connectivity index (χ1) is 26.7. The van der Waals surface area contributed by atoms with E-state index < -0.39 is 0 Å². The maximum atomic E-state index is 6.61. The molecule has 6 nitrogen and oxygen atoms in total. The summed E-state index contributed by atoms with van der Waals surface area (Å²) in [6.07, 6.45) is -0.261. The van der Waals surface area contributed by atoms with Gasteiger partial charge in [0.15, 0.2) is 29.5 Å². The molecule has 0 amide bonds. The number of para-hydroxylation sites is 1. The lowest BCUT2D eigenvalue weighted by molar-refractivity contribution is 0.262. The standard InChI is InChI=1S/C48H30N4O2/c1-3-12-30(13-4-1)45-50-46(52-47(51-45)38-19-11-21-41-42(38)37-18-9-10-20-40(37)53-41)31-24-22-29(23-25-31)33-26-27-35-34-16-7-8-17-36(34)44-43(39(35)28-33)49-48(54-44)32-14-5-2-6-15-32/h1-28,48-49H. The minimum absolute atomic E-state index is 0.261. The van der Waals surface area contributed by atoms with Crippen LogP contribution in [0.5, 0.6) is 5.75 Å².